The quantitative estimate of drug-likeness (QED) is 0.846. The monoisotopic (exact) mass is 301 g/mol. The second kappa shape index (κ2) is 5.61. The van der Waals surface area contributed by atoms with Crippen molar-refractivity contribution in [2.45, 2.75) is 4.90 Å². The molecule has 0 aromatic heterocycles. The molecule has 1 unspecified atom stereocenters. The maximum absolute atomic E-state index is 12.0. The molecule has 0 saturated carbocycles. The Kier molecular flexibility index (Phi) is 4.11. The van der Waals surface area contributed by atoms with E-state index < -0.39 is 11.0 Å². The highest BCUT2D eigenvalue weighted by Gasteiger charge is 2.11. The first-order valence-corrected chi connectivity index (χ1v) is 6.90. The van der Waals surface area contributed by atoms with E-state index in [4.69, 9.17) is 23.2 Å². The smallest absolute Gasteiger partial charge is 0.150 e. The Morgan fingerprint density at radius 2 is 1.67 bits per heavy atom. The summed E-state index contributed by atoms with van der Waals surface area (Å²) in [6.45, 7) is 0. The molecular weight excluding hydrogens is 293 g/mol. The maximum atomic E-state index is 12.0. The summed E-state index contributed by atoms with van der Waals surface area (Å²) in [7, 11) is -1.43. The highest BCUT2D eigenvalue weighted by Crippen LogP contribution is 2.37. The van der Waals surface area contributed by atoms with E-state index in [0.29, 0.717) is 10.6 Å². The lowest BCUT2D eigenvalue weighted by Gasteiger charge is -2.09. The third kappa shape index (κ3) is 2.77. The Morgan fingerprint density at radius 1 is 1.00 bits per heavy atom. The van der Waals surface area contributed by atoms with E-state index in [1.165, 1.54) is 12.1 Å². The summed E-state index contributed by atoms with van der Waals surface area (Å²) >= 11 is 11.7. The summed E-state index contributed by atoms with van der Waals surface area (Å²) in [4.78, 5) is 0.623. The number of nitrogens with one attached hydrogen (secondary N) is 1. The van der Waals surface area contributed by atoms with Crippen LogP contribution in [0.3, 0.4) is 0 Å². The number of rotatable bonds is 3. The van der Waals surface area contributed by atoms with Gasteiger partial charge in [0.1, 0.15) is 21.8 Å². The maximum Gasteiger partial charge on any atom is 0.150 e. The van der Waals surface area contributed by atoms with Crippen LogP contribution in [0, 0.1) is 0 Å². The predicted octanol–water partition coefficient (Wildman–Crippen LogP) is 3.83. The summed E-state index contributed by atoms with van der Waals surface area (Å²) in [5.41, 5.74) is 0.404. The summed E-state index contributed by atoms with van der Waals surface area (Å²) < 4.78 is 14.7. The normalized spacial score (nSPS) is 12.1. The molecule has 2 N–H and O–H groups in total. The molecule has 0 bridgehead atoms. The SMILES string of the molecule is O=S(Nc1ccc(O)c(Cl)c1Cl)c1ccccc1. The lowest BCUT2D eigenvalue weighted by Crippen LogP contribution is -2.05. The van der Waals surface area contributed by atoms with Gasteiger partial charge >= 0.3 is 0 Å². The van der Waals surface area contributed by atoms with Crippen molar-refractivity contribution in [2.75, 3.05) is 4.72 Å². The van der Waals surface area contributed by atoms with E-state index in [2.05, 4.69) is 4.72 Å². The van der Waals surface area contributed by atoms with E-state index in [-0.39, 0.29) is 15.8 Å². The van der Waals surface area contributed by atoms with Crippen molar-refractivity contribution < 1.29 is 9.32 Å². The molecule has 2 aromatic carbocycles. The highest BCUT2D eigenvalue weighted by molar-refractivity contribution is 7.86. The molecular formula is C12H9Cl2NO2S. The summed E-state index contributed by atoms with van der Waals surface area (Å²) in [5.74, 6) is -0.113. The number of phenolic OH excluding ortho intramolecular Hbond substituents is 1. The lowest BCUT2D eigenvalue weighted by molar-refractivity contribution is 0.475. The van der Waals surface area contributed by atoms with Gasteiger partial charge in [0, 0.05) is 0 Å². The van der Waals surface area contributed by atoms with Crippen molar-refractivity contribution >= 4 is 39.9 Å². The van der Waals surface area contributed by atoms with Crippen LogP contribution in [0.15, 0.2) is 47.4 Å². The van der Waals surface area contributed by atoms with Crippen molar-refractivity contribution in [2.24, 2.45) is 0 Å². The Balaban J connectivity index is 2.26. The fraction of sp³-hybridized carbons (Fsp3) is 0. The van der Waals surface area contributed by atoms with Crippen molar-refractivity contribution in [3.63, 3.8) is 0 Å². The molecule has 0 fully saturated rings. The second-order valence-electron chi connectivity index (χ2n) is 3.44. The molecule has 2 rings (SSSR count). The van der Waals surface area contributed by atoms with E-state index in [0.717, 1.165) is 0 Å². The number of hydrogen-bond donors (Lipinski definition) is 2. The van der Waals surface area contributed by atoms with Gasteiger partial charge in [-0.1, -0.05) is 41.4 Å². The minimum absolute atomic E-state index is 0.0340. The van der Waals surface area contributed by atoms with Crippen molar-refractivity contribution in [3.05, 3.63) is 52.5 Å². The fourth-order valence-electron chi connectivity index (χ4n) is 1.32. The first-order valence-electron chi connectivity index (χ1n) is 5.00. The number of benzene rings is 2. The second-order valence-corrected chi connectivity index (χ2v) is 5.41. The fourth-order valence-corrected chi connectivity index (χ4v) is 2.64. The first-order chi connectivity index (χ1) is 8.59. The molecule has 1 atom stereocenters. The van der Waals surface area contributed by atoms with Gasteiger partial charge in [-0.3, -0.25) is 4.72 Å². The summed E-state index contributed by atoms with van der Waals surface area (Å²) in [5, 5.41) is 9.53. The van der Waals surface area contributed by atoms with Crippen LogP contribution >= 0.6 is 23.2 Å². The number of halogens is 2. The van der Waals surface area contributed by atoms with Crippen molar-refractivity contribution in [1.29, 1.82) is 0 Å². The minimum atomic E-state index is -1.43. The van der Waals surface area contributed by atoms with E-state index in [1.807, 2.05) is 6.07 Å². The molecule has 6 heteroatoms. The third-order valence-corrected chi connectivity index (χ3v) is 4.20. The molecule has 94 valence electrons. The Bertz CT molecular complexity index is 590. The number of phenols is 1. The van der Waals surface area contributed by atoms with Crippen LogP contribution in [0.25, 0.3) is 0 Å². The number of hydrogen-bond acceptors (Lipinski definition) is 2. The standard InChI is InChI=1S/C12H9Cl2NO2S/c13-11-9(6-7-10(16)12(11)14)15-18(17)8-4-2-1-3-5-8/h1-7,15-16H. The van der Waals surface area contributed by atoms with Gasteiger partial charge in [0.05, 0.1) is 15.6 Å². The molecule has 0 aliphatic heterocycles. The van der Waals surface area contributed by atoms with Gasteiger partial charge in [-0.05, 0) is 24.3 Å². The molecule has 0 saturated heterocycles. The van der Waals surface area contributed by atoms with Crippen molar-refractivity contribution in [1.82, 2.24) is 0 Å². The molecule has 0 spiro atoms. The van der Waals surface area contributed by atoms with Crippen LogP contribution < -0.4 is 4.72 Å². The summed E-state index contributed by atoms with van der Waals surface area (Å²) in [6.07, 6.45) is 0. The van der Waals surface area contributed by atoms with Gasteiger partial charge < -0.3 is 5.11 Å². The van der Waals surface area contributed by atoms with Crippen molar-refractivity contribution in [3.8, 4) is 5.75 Å². The Morgan fingerprint density at radius 3 is 2.33 bits per heavy atom. The lowest BCUT2D eigenvalue weighted by atomic mass is 10.3. The molecule has 0 aliphatic carbocycles. The zero-order chi connectivity index (χ0) is 13.1. The summed E-state index contributed by atoms with van der Waals surface area (Å²) in [6, 6.07) is 11.8. The molecule has 0 radical (unpaired) electrons. The van der Waals surface area contributed by atoms with Crippen LogP contribution in [0.5, 0.6) is 5.75 Å². The molecule has 3 nitrogen and oxygen atoms in total. The largest absolute Gasteiger partial charge is 0.506 e. The van der Waals surface area contributed by atoms with Crippen LogP contribution in [0.4, 0.5) is 5.69 Å². The van der Waals surface area contributed by atoms with Gasteiger partial charge in [-0.15, -0.1) is 0 Å². The topological polar surface area (TPSA) is 49.3 Å². The molecule has 18 heavy (non-hydrogen) atoms. The van der Waals surface area contributed by atoms with E-state index >= 15 is 0 Å². The first kappa shape index (κ1) is 13.2. The number of anilines is 1. The minimum Gasteiger partial charge on any atom is -0.506 e. The highest BCUT2D eigenvalue weighted by atomic mass is 35.5. The van der Waals surface area contributed by atoms with Crippen LogP contribution in [-0.4, -0.2) is 9.32 Å². The molecule has 0 amide bonds. The Hall–Kier alpha value is -1.23. The van der Waals surface area contributed by atoms with E-state index in [1.54, 1.807) is 24.3 Å². The third-order valence-electron chi connectivity index (χ3n) is 2.22. The molecule has 0 heterocycles. The van der Waals surface area contributed by atoms with Crippen LogP contribution in [0.1, 0.15) is 0 Å². The molecule has 0 aliphatic rings. The van der Waals surface area contributed by atoms with Gasteiger partial charge in [-0.2, -0.15) is 0 Å². The Labute approximate surface area is 117 Å². The van der Waals surface area contributed by atoms with Gasteiger partial charge in [-0.25, -0.2) is 4.21 Å². The average molecular weight is 302 g/mol. The predicted molar refractivity (Wildman–Crippen MR) is 74.6 cm³/mol. The average Bonchev–Trinajstić information content (AvgIpc) is 2.40. The van der Waals surface area contributed by atoms with Gasteiger partial charge in [0.25, 0.3) is 0 Å². The van der Waals surface area contributed by atoms with Crippen LogP contribution in [0.2, 0.25) is 10.0 Å². The van der Waals surface area contributed by atoms with Gasteiger partial charge in [0.2, 0.25) is 0 Å². The van der Waals surface area contributed by atoms with Gasteiger partial charge in [0.15, 0.2) is 0 Å². The molecule has 2 aromatic rings. The van der Waals surface area contributed by atoms with E-state index in [9.17, 15) is 9.32 Å². The number of aromatic hydroxyl groups is 1. The van der Waals surface area contributed by atoms with Crippen LogP contribution in [-0.2, 0) is 11.0 Å². The zero-order valence-electron chi connectivity index (χ0n) is 9.06. The zero-order valence-corrected chi connectivity index (χ0v) is 11.4.